The Kier molecular flexibility index (Phi) is 7.75. The van der Waals surface area contributed by atoms with E-state index in [9.17, 15) is 14.3 Å². The van der Waals surface area contributed by atoms with E-state index in [0.717, 1.165) is 36.9 Å². The molecule has 1 saturated carbocycles. The van der Waals surface area contributed by atoms with Gasteiger partial charge in [0.1, 0.15) is 11.0 Å². The summed E-state index contributed by atoms with van der Waals surface area (Å²) in [5.74, 6) is 0.437. The number of anilines is 1. The third kappa shape index (κ3) is 5.37. The zero-order valence-electron chi connectivity index (χ0n) is 19.4. The van der Waals surface area contributed by atoms with E-state index < -0.39 is 11.0 Å². The zero-order chi connectivity index (χ0) is 24.2. The Morgan fingerprint density at radius 1 is 1.24 bits per heavy atom. The van der Waals surface area contributed by atoms with Gasteiger partial charge < -0.3 is 4.90 Å². The first-order valence-corrected chi connectivity index (χ1v) is 13.6. The summed E-state index contributed by atoms with van der Waals surface area (Å²) >= 11 is 6.14. The molecule has 2 aromatic rings. The molecular weight excluding hydrogens is 466 g/mol. The van der Waals surface area contributed by atoms with Crippen LogP contribution in [0.1, 0.15) is 49.3 Å². The molecule has 1 aliphatic heterocycles. The maximum Gasteiger partial charge on any atom is 0.226 e. The molecule has 0 radical (unpaired) electrons. The van der Waals surface area contributed by atoms with E-state index in [4.69, 9.17) is 11.6 Å². The molecule has 5 nitrogen and oxygen atoms in total. The molecule has 2 aliphatic rings. The normalized spacial score (nSPS) is 22.0. The second-order valence-corrected chi connectivity index (χ2v) is 10.9. The molecule has 0 aromatic heterocycles. The summed E-state index contributed by atoms with van der Waals surface area (Å²) in [5, 5.41) is 10.0. The molecule has 4 rings (SSSR count). The summed E-state index contributed by atoms with van der Waals surface area (Å²) in [4.78, 5) is 15.9. The van der Waals surface area contributed by atoms with Crippen LogP contribution in [0.3, 0.4) is 0 Å². The maximum absolute atomic E-state index is 13.8. The molecule has 4 unspecified atom stereocenters. The fraction of sp³-hybridized carbons (Fsp3) is 0.407. The number of nitrogens with zero attached hydrogens (tertiary/aromatic N) is 3. The third-order valence-corrected chi connectivity index (χ3v) is 8.12. The predicted molar refractivity (Wildman–Crippen MR) is 138 cm³/mol. The van der Waals surface area contributed by atoms with Crippen molar-refractivity contribution in [3.05, 3.63) is 77.3 Å². The number of amides is 1. The number of halogens is 1. The highest BCUT2D eigenvalue weighted by atomic mass is 35.5. The molecule has 1 heterocycles. The minimum Gasteiger partial charge on any atom is -0.330 e. The highest BCUT2D eigenvalue weighted by molar-refractivity contribution is 7.85. The summed E-state index contributed by atoms with van der Waals surface area (Å²) in [5.41, 5.74) is 2.34. The van der Waals surface area contributed by atoms with Gasteiger partial charge in [-0.3, -0.25) is 9.10 Å². The molecule has 1 aliphatic carbocycles. The molecule has 0 spiro atoms. The van der Waals surface area contributed by atoms with Crippen LogP contribution in [-0.2, 0) is 15.8 Å². The van der Waals surface area contributed by atoms with Gasteiger partial charge in [0.25, 0.3) is 0 Å². The second kappa shape index (κ2) is 10.8. The van der Waals surface area contributed by atoms with Crippen LogP contribution < -0.4 is 4.31 Å². The summed E-state index contributed by atoms with van der Waals surface area (Å²) < 4.78 is 14.7. The first kappa shape index (κ1) is 24.5. The molecule has 1 saturated heterocycles. The lowest BCUT2D eigenvalue weighted by Gasteiger charge is -2.45. The van der Waals surface area contributed by atoms with E-state index in [1.807, 2.05) is 46.8 Å². The molecular formula is C27H30ClN3O2S. The van der Waals surface area contributed by atoms with Crippen molar-refractivity contribution in [1.82, 2.24) is 4.90 Å². The van der Waals surface area contributed by atoms with Gasteiger partial charge in [-0.25, -0.2) is 4.21 Å². The van der Waals surface area contributed by atoms with Gasteiger partial charge in [0.05, 0.1) is 35.9 Å². The Hall–Kier alpha value is -2.62. The zero-order valence-corrected chi connectivity index (χ0v) is 21.0. The topological polar surface area (TPSA) is 64.4 Å². The number of hydrogen-bond donors (Lipinski definition) is 0. The Balaban J connectivity index is 1.71. The molecule has 0 N–H and O–H groups in total. The highest BCUT2D eigenvalue weighted by Crippen LogP contribution is 2.44. The van der Waals surface area contributed by atoms with Crippen molar-refractivity contribution in [2.24, 2.45) is 11.8 Å². The number of allylic oxidation sites excluding steroid dienone is 1. The lowest BCUT2D eigenvalue weighted by Crippen LogP contribution is -2.54. The Morgan fingerprint density at radius 3 is 2.59 bits per heavy atom. The van der Waals surface area contributed by atoms with Gasteiger partial charge in [-0.2, -0.15) is 5.26 Å². The number of likely N-dealkylation sites (tertiary alicyclic amines) is 1. The lowest BCUT2D eigenvalue weighted by atomic mass is 9.84. The molecule has 7 heteroatoms. The molecule has 0 bridgehead atoms. The molecule has 2 fully saturated rings. The van der Waals surface area contributed by atoms with Gasteiger partial charge in [-0.15, -0.1) is 6.58 Å². The largest absolute Gasteiger partial charge is 0.330 e. The average Bonchev–Trinajstić information content (AvgIpc) is 3.67. The van der Waals surface area contributed by atoms with E-state index in [-0.39, 0.29) is 23.9 Å². The van der Waals surface area contributed by atoms with E-state index in [2.05, 4.69) is 17.5 Å². The lowest BCUT2D eigenvalue weighted by molar-refractivity contribution is -0.145. The van der Waals surface area contributed by atoms with Crippen LogP contribution in [0.2, 0.25) is 5.02 Å². The SMILES string of the molecule is C=CCC1CCC(c2ccc(Cl)cc2)N(C(CN(c2cccc(C#N)c2)S(C)=O)C2CC2)C1=O. The number of rotatable bonds is 9. The van der Waals surface area contributed by atoms with Crippen molar-refractivity contribution in [3.8, 4) is 6.07 Å². The molecule has 4 atom stereocenters. The third-order valence-electron chi connectivity index (χ3n) is 6.88. The quantitative estimate of drug-likeness (QED) is 0.422. The number of hydrogen-bond acceptors (Lipinski definition) is 3. The maximum atomic E-state index is 13.8. The average molecular weight is 496 g/mol. The fourth-order valence-electron chi connectivity index (χ4n) is 5.02. The Bertz CT molecular complexity index is 1110. The fourth-order valence-corrected chi connectivity index (χ4v) is 5.92. The van der Waals surface area contributed by atoms with Crippen molar-refractivity contribution in [1.29, 1.82) is 5.26 Å². The first-order chi connectivity index (χ1) is 16.4. The van der Waals surface area contributed by atoms with Gasteiger partial charge in [0.2, 0.25) is 5.91 Å². The van der Waals surface area contributed by atoms with Gasteiger partial charge in [0.15, 0.2) is 0 Å². The Morgan fingerprint density at radius 2 is 1.97 bits per heavy atom. The van der Waals surface area contributed by atoms with Crippen LogP contribution in [0.5, 0.6) is 0 Å². The molecule has 2 aromatic carbocycles. The van der Waals surface area contributed by atoms with Gasteiger partial charge in [0, 0.05) is 17.2 Å². The second-order valence-electron chi connectivity index (χ2n) is 9.16. The van der Waals surface area contributed by atoms with Crippen LogP contribution >= 0.6 is 11.6 Å². The molecule has 34 heavy (non-hydrogen) atoms. The highest BCUT2D eigenvalue weighted by Gasteiger charge is 2.45. The summed E-state index contributed by atoms with van der Waals surface area (Å²) in [6.45, 7) is 4.32. The first-order valence-electron chi connectivity index (χ1n) is 11.7. The summed E-state index contributed by atoms with van der Waals surface area (Å²) in [6, 6.07) is 17.0. The van der Waals surface area contributed by atoms with Gasteiger partial charge in [-0.05, 0) is 73.9 Å². The molecule has 1 amide bonds. The van der Waals surface area contributed by atoms with E-state index in [1.54, 1.807) is 18.4 Å². The minimum atomic E-state index is -1.31. The van der Waals surface area contributed by atoms with E-state index in [1.165, 1.54) is 0 Å². The van der Waals surface area contributed by atoms with Crippen molar-refractivity contribution in [3.63, 3.8) is 0 Å². The number of piperidine rings is 1. The van der Waals surface area contributed by atoms with Crippen LogP contribution in [0.4, 0.5) is 5.69 Å². The number of nitriles is 1. The van der Waals surface area contributed by atoms with Crippen LogP contribution in [-0.4, -0.2) is 33.9 Å². The predicted octanol–water partition coefficient (Wildman–Crippen LogP) is 5.65. The van der Waals surface area contributed by atoms with E-state index in [0.29, 0.717) is 29.5 Å². The van der Waals surface area contributed by atoms with Gasteiger partial charge in [-0.1, -0.05) is 35.9 Å². The smallest absolute Gasteiger partial charge is 0.226 e. The summed E-state index contributed by atoms with van der Waals surface area (Å²) in [7, 11) is -1.31. The van der Waals surface area contributed by atoms with Crippen LogP contribution in [0.25, 0.3) is 0 Å². The molecule has 178 valence electrons. The number of carbonyl (C=O) groups excluding carboxylic acids is 1. The number of benzene rings is 2. The number of carbonyl (C=O) groups is 1. The van der Waals surface area contributed by atoms with Crippen molar-refractivity contribution in [2.45, 2.75) is 44.2 Å². The summed E-state index contributed by atoms with van der Waals surface area (Å²) in [6.07, 6.45) is 7.93. The standard InChI is InChI=1S/C27H30ClN3O2S/c1-3-5-22-12-15-25(20-10-13-23(28)14-11-20)31(27(22)32)26(21-8-9-21)18-30(34(2)33)24-7-4-6-19(16-24)17-29/h3-4,6-7,10-11,13-14,16,21-22,25-26H,1,5,8-9,12,15,18H2,2H3. The van der Waals surface area contributed by atoms with Crippen LogP contribution in [0, 0.1) is 23.2 Å². The van der Waals surface area contributed by atoms with Gasteiger partial charge >= 0.3 is 0 Å². The van der Waals surface area contributed by atoms with Crippen molar-refractivity contribution >= 4 is 34.2 Å². The van der Waals surface area contributed by atoms with Crippen molar-refractivity contribution < 1.29 is 9.00 Å². The Labute approximate surface area is 209 Å². The monoisotopic (exact) mass is 495 g/mol. The van der Waals surface area contributed by atoms with E-state index >= 15 is 0 Å². The van der Waals surface area contributed by atoms with Crippen LogP contribution in [0.15, 0.2) is 61.2 Å². The van der Waals surface area contributed by atoms with Crippen molar-refractivity contribution in [2.75, 3.05) is 17.1 Å². The minimum absolute atomic E-state index is 0.0472.